The van der Waals surface area contributed by atoms with Crippen molar-refractivity contribution in [3.8, 4) is 5.69 Å². The molecule has 42 heavy (non-hydrogen) atoms. The van der Waals surface area contributed by atoms with Crippen LogP contribution in [0.3, 0.4) is 0 Å². The first kappa shape index (κ1) is 30.0. The molecular formula is C34H36BrN3O3S. The maximum Gasteiger partial charge on any atom is 0.338 e. The third-order valence-corrected chi connectivity index (χ3v) is 9.16. The minimum absolute atomic E-state index is 0.164. The Morgan fingerprint density at radius 1 is 1.10 bits per heavy atom. The fraction of sp³-hybridized carbons (Fsp3) is 0.324. The Labute approximate surface area is 258 Å². The van der Waals surface area contributed by atoms with E-state index in [-0.39, 0.29) is 12.2 Å². The number of allylic oxidation sites excluding steroid dienone is 1. The van der Waals surface area contributed by atoms with Crippen molar-refractivity contribution < 1.29 is 9.53 Å². The van der Waals surface area contributed by atoms with Crippen LogP contribution in [0.1, 0.15) is 80.6 Å². The van der Waals surface area contributed by atoms with E-state index < -0.39 is 12.0 Å². The van der Waals surface area contributed by atoms with Gasteiger partial charge in [0.1, 0.15) is 0 Å². The van der Waals surface area contributed by atoms with Crippen molar-refractivity contribution in [1.29, 1.82) is 0 Å². The summed E-state index contributed by atoms with van der Waals surface area (Å²) < 4.78 is 11.0. The van der Waals surface area contributed by atoms with Gasteiger partial charge in [-0.15, -0.1) is 0 Å². The van der Waals surface area contributed by atoms with Gasteiger partial charge in [-0.1, -0.05) is 78.7 Å². The smallest absolute Gasteiger partial charge is 0.338 e. The number of hydrogen-bond acceptors (Lipinski definition) is 5. The Hall–Kier alpha value is -3.49. The number of ether oxygens (including phenoxy) is 1. The second-order valence-corrected chi connectivity index (χ2v) is 12.8. The Kier molecular flexibility index (Phi) is 8.85. The molecule has 1 aliphatic rings. The van der Waals surface area contributed by atoms with E-state index in [1.54, 1.807) is 11.5 Å². The lowest BCUT2D eigenvalue weighted by Gasteiger charge is -2.26. The van der Waals surface area contributed by atoms with Crippen molar-refractivity contribution in [2.45, 2.75) is 66.3 Å². The molecular weight excluding hydrogens is 610 g/mol. The molecule has 8 heteroatoms. The van der Waals surface area contributed by atoms with Crippen LogP contribution in [0.5, 0.6) is 0 Å². The number of aryl methyl sites for hydroxylation is 1. The first-order chi connectivity index (χ1) is 20.1. The van der Waals surface area contributed by atoms with Crippen LogP contribution >= 0.6 is 27.3 Å². The largest absolute Gasteiger partial charge is 0.463 e. The summed E-state index contributed by atoms with van der Waals surface area (Å²) in [5.41, 5.74) is 7.18. The third-order valence-electron chi connectivity index (χ3n) is 7.65. The van der Waals surface area contributed by atoms with Gasteiger partial charge in [-0.3, -0.25) is 9.36 Å². The van der Waals surface area contributed by atoms with Crippen LogP contribution in [0, 0.1) is 13.8 Å². The van der Waals surface area contributed by atoms with E-state index in [4.69, 9.17) is 9.73 Å². The molecule has 2 aromatic carbocycles. The summed E-state index contributed by atoms with van der Waals surface area (Å²) in [6.45, 7) is 12.5. The number of aromatic nitrogens is 2. The number of carbonyl (C=O) groups excluding carboxylic acids is 1. The Morgan fingerprint density at radius 3 is 2.40 bits per heavy atom. The number of fused-ring (bicyclic) bond motifs is 1. The zero-order valence-corrected chi connectivity index (χ0v) is 27.3. The summed E-state index contributed by atoms with van der Waals surface area (Å²) >= 11 is 4.88. The van der Waals surface area contributed by atoms with Gasteiger partial charge in [-0.05, 0) is 86.2 Å². The normalized spacial score (nSPS) is 15.2. The van der Waals surface area contributed by atoms with Gasteiger partial charge in [0.15, 0.2) is 4.80 Å². The van der Waals surface area contributed by atoms with Crippen molar-refractivity contribution in [3.05, 3.63) is 118 Å². The first-order valence-electron chi connectivity index (χ1n) is 14.4. The van der Waals surface area contributed by atoms with Crippen LogP contribution in [0.4, 0.5) is 0 Å². The summed E-state index contributed by atoms with van der Waals surface area (Å²) in [5, 5.41) is 0. The van der Waals surface area contributed by atoms with Crippen LogP contribution < -0.4 is 14.9 Å². The molecule has 0 saturated carbocycles. The zero-order chi connectivity index (χ0) is 30.1. The molecule has 0 saturated heterocycles. The molecule has 3 heterocycles. The van der Waals surface area contributed by atoms with Gasteiger partial charge >= 0.3 is 5.97 Å². The highest BCUT2D eigenvalue weighted by atomic mass is 79.9. The van der Waals surface area contributed by atoms with Crippen LogP contribution in [-0.2, 0) is 9.53 Å². The number of nitrogens with zero attached hydrogens (tertiary/aromatic N) is 3. The summed E-state index contributed by atoms with van der Waals surface area (Å²) in [6, 6.07) is 17.9. The van der Waals surface area contributed by atoms with Crippen molar-refractivity contribution in [1.82, 2.24) is 9.13 Å². The number of esters is 1. The number of thiazole rings is 1. The minimum atomic E-state index is -0.611. The van der Waals surface area contributed by atoms with E-state index in [1.807, 2.05) is 30.3 Å². The van der Waals surface area contributed by atoms with E-state index in [1.165, 1.54) is 16.9 Å². The molecule has 6 nitrogen and oxygen atoms in total. The van der Waals surface area contributed by atoms with E-state index in [0.29, 0.717) is 32.9 Å². The van der Waals surface area contributed by atoms with E-state index >= 15 is 0 Å². The molecule has 0 unspecified atom stereocenters. The van der Waals surface area contributed by atoms with Crippen molar-refractivity contribution in [2.24, 2.45) is 4.99 Å². The van der Waals surface area contributed by atoms with E-state index in [2.05, 4.69) is 85.4 Å². The highest BCUT2D eigenvalue weighted by Gasteiger charge is 2.34. The molecule has 0 aliphatic carbocycles. The molecule has 0 spiro atoms. The lowest BCUT2D eigenvalue weighted by Crippen LogP contribution is -2.40. The Balaban J connectivity index is 1.71. The van der Waals surface area contributed by atoms with E-state index in [0.717, 1.165) is 39.1 Å². The fourth-order valence-corrected chi connectivity index (χ4v) is 6.84. The second kappa shape index (κ2) is 12.4. The maximum absolute atomic E-state index is 14.2. The fourth-order valence-electron chi connectivity index (χ4n) is 5.56. The molecule has 5 rings (SSSR count). The molecule has 1 aliphatic heterocycles. The molecule has 0 radical (unpaired) electrons. The molecule has 2 aromatic heterocycles. The van der Waals surface area contributed by atoms with Crippen LogP contribution in [0.25, 0.3) is 11.8 Å². The van der Waals surface area contributed by atoms with E-state index in [9.17, 15) is 9.59 Å². The molecule has 1 atom stereocenters. The molecule has 0 bridgehead atoms. The Morgan fingerprint density at radius 2 is 1.79 bits per heavy atom. The monoisotopic (exact) mass is 645 g/mol. The molecule has 218 valence electrons. The van der Waals surface area contributed by atoms with Gasteiger partial charge in [0.2, 0.25) is 0 Å². The van der Waals surface area contributed by atoms with Gasteiger partial charge < -0.3 is 9.30 Å². The highest BCUT2D eigenvalue weighted by molar-refractivity contribution is 9.10. The summed E-state index contributed by atoms with van der Waals surface area (Å²) in [4.78, 5) is 33.1. The number of hydrogen-bond donors (Lipinski definition) is 0. The molecule has 0 N–H and O–H groups in total. The van der Waals surface area contributed by atoms with Crippen LogP contribution in [-0.4, -0.2) is 21.7 Å². The maximum atomic E-state index is 14.2. The quantitative estimate of drug-likeness (QED) is 0.196. The summed E-state index contributed by atoms with van der Waals surface area (Å²) in [7, 11) is 0. The van der Waals surface area contributed by atoms with Gasteiger partial charge in [0.05, 0.1) is 28.5 Å². The van der Waals surface area contributed by atoms with Crippen molar-refractivity contribution >= 4 is 39.3 Å². The standard InChI is InChI=1S/C34H36BrN3O3S/c1-7-9-28-30(33(40)41-8-2)31(24-12-10-23(11-13-24)20(3)4)38-32(39)29(42-34(38)36-28)19-25-18-21(5)37(22(25)6)27-16-14-26(35)15-17-27/h10-20,31H,7-9H2,1-6H3/b29-19-/t31-/m1/s1. The lowest BCUT2D eigenvalue weighted by molar-refractivity contribution is -0.139. The van der Waals surface area contributed by atoms with Crippen molar-refractivity contribution in [3.63, 3.8) is 0 Å². The predicted octanol–water partition coefficient (Wildman–Crippen LogP) is 6.87. The molecule has 4 aromatic rings. The number of halogens is 1. The van der Waals surface area contributed by atoms with Gasteiger partial charge in [-0.2, -0.15) is 0 Å². The van der Waals surface area contributed by atoms with Gasteiger partial charge in [0, 0.05) is 21.5 Å². The predicted molar refractivity (Wildman–Crippen MR) is 173 cm³/mol. The average molecular weight is 647 g/mol. The van der Waals surface area contributed by atoms with Gasteiger partial charge in [0.25, 0.3) is 5.56 Å². The SMILES string of the molecule is CCCC1=C(C(=O)OCC)[C@@H](c2ccc(C(C)C)cc2)n2c(s/c(=C\c3cc(C)n(-c4ccc(Br)cc4)c3C)c2=O)=N1. The lowest BCUT2D eigenvalue weighted by atomic mass is 9.92. The number of benzene rings is 2. The first-order valence-corrected chi connectivity index (χ1v) is 16.0. The Bertz CT molecular complexity index is 1840. The van der Waals surface area contributed by atoms with Gasteiger partial charge in [-0.25, -0.2) is 9.79 Å². The second-order valence-electron chi connectivity index (χ2n) is 10.9. The summed E-state index contributed by atoms with van der Waals surface area (Å²) in [5.74, 6) is -0.0527. The van der Waals surface area contributed by atoms with Crippen LogP contribution in [0.2, 0.25) is 0 Å². The molecule has 0 amide bonds. The summed E-state index contributed by atoms with van der Waals surface area (Å²) in [6.07, 6.45) is 3.39. The number of carbonyl (C=O) groups is 1. The zero-order valence-electron chi connectivity index (χ0n) is 24.9. The number of rotatable bonds is 8. The topological polar surface area (TPSA) is 65.6 Å². The molecule has 0 fully saturated rings. The minimum Gasteiger partial charge on any atom is -0.463 e. The average Bonchev–Trinajstić information content (AvgIpc) is 3.42. The van der Waals surface area contributed by atoms with Crippen LogP contribution in [0.15, 0.2) is 80.1 Å². The third kappa shape index (κ3) is 5.62. The highest BCUT2D eigenvalue weighted by Crippen LogP contribution is 2.33. The van der Waals surface area contributed by atoms with Crippen molar-refractivity contribution in [2.75, 3.05) is 6.61 Å².